The summed E-state index contributed by atoms with van der Waals surface area (Å²) in [5.41, 5.74) is -0.289. The van der Waals surface area contributed by atoms with Gasteiger partial charge >= 0.3 is 0 Å². The molecule has 4 nitrogen and oxygen atoms in total. The lowest BCUT2D eigenvalue weighted by molar-refractivity contribution is -0.138. The number of allylic oxidation sites excluding steroid dienone is 1. The summed E-state index contributed by atoms with van der Waals surface area (Å²) in [6.45, 7) is 5.52. The van der Waals surface area contributed by atoms with Crippen molar-refractivity contribution in [1.29, 1.82) is 5.26 Å². The van der Waals surface area contributed by atoms with Gasteiger partial charge in [-0.1, -0.05) is 26.0 Å². The molecule has 1 aromatic rings. The van der Waals surface area contributed by atoms with E-state index < -0.39 is 11.0 Å². The summed E-state index contributed by atoms with van der Waals surface area (Å²) in [4.78, 5) is 27.0. The van der Waals surface area contributed by atoms with Crippen LogP contribution in [0.25, 0.3) is 0 Å². The van der Waals surface area contributed by atoms with Gasteiger partial charge in [-0.25, -0.2) is 4.39 Å². The van der Waals surface area contributed by atoms with E-state index in [-0.39, 0.29) is 34.9 Å². The molecule has 3 atom stereocenters. The molecule has 0 aliphatic heterocycles. The fourth-order valence-corrected chi connectivity index (χ4v) is 4.11. The summed E-state index contributed by atoms with van der Waals surface area (Å²) >= 11 is 0. The Hall–Kier alpha value is -2.48. The van der Waals surface area contributed by atoms with Gasteiger partial charge in [-0.3, -0.25) is 9.59 Å². The quantitative estimate of drug-likeness (QED) is 0.833. The minimum atomic E-state index is -0.691. The standard InChI is InChI=1S/C21H23FN2O2/c1-20(2)12-21(3,10-14(11-23)18(20)25)24(4)19(26)17-9-16(17)13-5-7-15(22)8-6-13/h5-8,10,16-17H,9,12H2,1-4H3/t16?,17?,21-/m1/s1. The number of rotatable bonds is 3. The van der Waals surface area contributed by atoms with Crippen LogP contribution in [-0.2, 0) is 9.59 Å². The van der Waals surface area contributed by atoms with Crippen LogP contribution in [0, 0.1) is 28.5 Å². The summed E-state index contributed by atoms with van der Waals surface area (Å²) < 4.78 is 13.1. The third-order valence-corrected chi connectivity index (χ3v) is 5.74. The van der Waals surface area contributed by atoms with Gasteiger partial charge in [-0.15, -0.1) is 0 Å². The van der Waals surface area contributed by atoms with Crippen molar-refractivity contribution in [2.75, 3.05) is 7.05 Å². The van der Waals surface area contributed by atoms with Crippen LogP contribution in [0.1, 0.15) is 45.1 Å². The van der Waals surface area contributed by atoms with E-state index in [4.69, 9.17) is 0 Å². The minimum Gasteiger partial charge on any atom is -0.337 e. The number of hydrogen-bond donors (Lipinski definition) is 0. The Kier molecular flexibility index (Phi) is 4.26. The Balaban J connectivity index is 1.81. The molecule has 1 amide bonds. The van der Waals surface area contributed by atoms with Gasteiger partial charge in [0, 0.05) is 18.4 Å². The largest absolute Gasteiger partial charge is 0.337 e. The number of nitriles is 1. The first-order chi connectivity index (χ1) is 12.1. The summed E-state index contributed by atoms with van der Waals surface area (Å²) in [6, 6.07) is 8.26. The van der Waals surface area contributed by atoms with Crippen molar-refractivity contribution in [2.24, 2.45) is 11.3 Å². The molecule has 0 radical (unpaired) electrons. The summed E-state index contributed by atoms with van der Waals surface area (Å²) in [7, 11) is 1.74. The molecule has 0 bridgehead atoms. The summed E-state index contributed by atoms with van der Waals surface area (Å²) in [5.74, 6) is -0.492. The maximum absolute atomic E-state index is 13.1. The zero-order chi connectivity index (χ0) is 19.3. The van der Waals surface area contributed by atoms with E-state index in [2.05, 4.69) is 0 Å². The van der Waals surface area contributed by atoms with Gasteiger partial charge in [-0.05, 0) is 49.5 Å². The lowest BCUT2D eigenvalue weighted by Gasteiger charge is -2.44. The van der Waals surface area contributed by atoms with E-state index in [1.165, 1.54) is 12.1 Å². The predicted molar refractivity (Wildman–Crippen MR) is 95.5 cm³/mol. The first-order valence-corrected chi connectivity index (χ1v) is 8.80. The number of carbonyl (C=O) groups is 2. The highest BCUT2D eigenvalue weighted by molar-refractivity contribution is 6.04. The maximum atomic E-state index is 13.1. The molecule has 5 heteroatoms. The minimum absolute atomic E-state index is 0.000476. The molecule has 2 aliphatic rings. The second-order valence-corrected chi connectivity index (χ2v) is 8.31. The first kappa shape index (κ1) is 18.3. The molecule has 136 valence electrons. The van der Waals surface area contributed by atoms with Gasteiger partial charge in [0.25, 0.3) is 0 Å². The topological polar surface area (TPSA) is 61.2 Å². The molecule has 0 spiro atoms. The highest BCUT2D eigenvalue weighted by atomic mass is 19.1. The molecular weight excluding hydrogens is 331 g/mol. The van der Waals surface area contributed by atoms with E-state index >= 15 is 0 Å². The van der Waals surface area contributed by atoms with Crippen molar-refractivity contribution in [1.82, 2.24) is 4.90 Å². The lowest BCUT2D eigenvalue weighted by Crippen LogP contribution is -2.53. The fraction of sp³-hybridized carbons (Fsp3) is 0.476. The first-order valence-electron chi connectivity index (χ1n) is 8.80. The molecule has 0 N–H and O–H groups in total. The molecule has 26 heavy (non-hydrogen) atoms. The monoisotopic (exact) mass is 354 g/mol. The molecule has 1 fully saturated rings. The molecule has 2 aliphatic carbocycles. The van der Waals surface area contributed by atoms with E-state index in [0.29, 0.717) is 6.42 Å². The number of ketones is 1. The number of nitrogens with zero attached hydrogens (tertiary/aromatic N) is 2. The second kappa shape index (κ2) is 6.05. The van der Waals surface area contributed by atoms with Crippen LogP contribution in [-0.4, -0.2) is 29.2 Å². The van der Waals surface area contributed by atoms with Gasteiger partial charge < -0.3 is 4.90 Å². The highest BCUT2D eigenvalue weighted by Crippen LogP contribution is 2.50. The van der Waals surface area contributed by atoms with E-state index in [1.807, 2.05) is 26.8 Å². The van der Waals surface area contributed by atoms with Crippen LogP contribution in [0.2, 0.25) is 0 Å². The van der Waals surface area contributed by atoms with Crippen LogP contribution in [0.15, 0.2) is 35.9 Å². The molecule has 0 aromatic heterocycles. The second-order valence-electron chi connectivity index (χ2n) is 8.31. The van der Waals surface area contributed by atoms with Crippen molar-refractivity contribution < 1.29 is 14.0 Å². The fourth-order valence-electron chi connectivity index (χ4n) is 4.11. The van der Waals surface area contributed by atoms with E-state index in [1.54, 1.807) is 30.2 Å². The lowest BCUT2D eigenvalue weighted by atomic mass is 9.68. The molecule has 1 saturated carbocycles. The van der Waals surface area contributed by atoms with Crippen molar-refractivity contribution in [2.45, 2.75) is 45.1 Å². The number of benzene rings is 1. The zero-order valence-corrected chi connectivity index (χ0v) is 15.5. The number of Topliss-reactive ketones (excluding diaryl/α,β-unsaturated/α-hetero) is 1. The van der Waals surface area contributed by atoms with Gasteiger partial charge in [0.2, 0.25) is 5.91 Å². The third-order valence-electron chi connectivity index (χ3n) is 5.74. The van der Waals surface area contributed by atoms with E-state index in [9.17, 15) is 19.2 Å². The van der Waals surface area contributed by atoms with Crippen molar-refractivity contribution in [3.05, 3.63) is 47.3 Å². The number of likely N-dealkylation sites (N-methyl/N-ethyl adjacent to an activating group) is 1. The van der Waals surface area contributed by atoms with Crippen LogP contribution in [0.4, 0.5) is 4.39 Å². The normalized spacial score (nSPS) is 29.5. The maximum Gasteiger partial charge on any atom is 0.226 e. The van der Waals surface area contributed by atoms with Crippen molar-refractivity contribution in [3.63, 3.8) is 0 Å². The molecule has 0 heterocycles. The molecule has 0 saturated heterocycles. The number of amides is 1. The summed E-state index contributed by atoms with van der Waals surface area (Å²) in [6.07, 6.45) is 2.84. The molecule has 2 unspecified atom stereocenters. The zero-order valence-electron chi connectivity index (χ0n) is 15.5. The Bertz CT molecular complexity index is 835. The number of hydrogen-bond acceptors (Lipinski definition) is 3. The Morgan fingerprint density at radius 2 is 1.88 bits per heavy atom. The van der Waals surface area contributed by atoms with Crippen molar-refractivity contribution in [3.8, 4) is 6.07 Å². The average Bonchev–Trinajstić information content (AvgIpc) is 3.37. The van der Waals surface area contributed by atoms with Crippen LogP contribution >= 0.6 is 0 Å². The van der Waals surface area contributed by atoms with Gasteiger partial charge in [0.15, 0.2) is 5.78 Å². The van der Waals surface area contributed by atoms with Gasteiger partial charge in [0.05, 0.1) is 11.1 Å². The molecule has 1 aromatic carbocycles. The van der Waals surface area contributed by atoms with Crippen LogP contribution in [0.5, 0.6) is 0 Å². The average molecular weight is 354 g/mol. The Morgan fingerprint density at radius 3 is 2.46 bits per heavy atom. The molecule has 3 rings (SSSR count). The number of halogens is 1. The number of carbonyl (C=O) groups excluding carboxylic acids is 2. The smallest absolute Gasteiger partial charge is 0.226 e. The van der Waals surface area contributed by atoms with Gasteiger partial charge in [-0.2, -0.15) is 5.26 Å². The summed E-state index contributed by atoms with van der Waals surface area (Å²) in [5, 5.41) is 9.31. The van der Waals surface area contributed by atoms with Gasteiger partial charge in [0.1, 0.15) is 11.9 Å². The van der Waals surface area contributed by atoms with Crippen molar-refractivity contribution >= 4 is 11.7 Å². The molecular formula is C21H23FN2O2. The highest BCUT2D eigenvalue weighted by Gasteiger charge is 2.51. The predicted octanol–water partition coefficient (Wildman–Crippen LogP) is 3.60. The van der Waals surface area contributed by atoms with Crippen LogP contribution in [0.3, 0.4) is 0 Å². The SMILES string of the molecule is CN(C(=O)C1CC1c1ccc(F)cc1)[C@]1(C)C=C(C#N)C(=O)C(C)(C)C1. The van der Waals surface area contributed by atoms with Crippen LogP contribution < -0.4 is 0 Å². The van der Waals surface area contributed by atoms with E-state index in [0.717, 1.165) is 12.0 Å². The Morgan fingerprint density at radius 1 is 1.27 bits per heavy atom. The Labute approximate surface area is 153 Å². The third kappa shape index (κ3) is 3.05.